The van der Waals surface area contributed by atoms with E-state index in [1.165, 1.54) is 12.1 Å². The van der Waals surface area contributed by atoms with Crippen LogP contribution in [0, 0.1) is 5.82 Å². The molecule has 0 atom stereocenters. The Labute approximate surface area is 129 Å². The molecule has 0 spiro atoms. The molecule has 4 nitrogen and oxygen atoms in total. The molecule has 0 aliphatic rings. The third-order valence-corrected chi connectivity index (χ3v) is 4.07. The molecule has 6 heteroatoms. The molecule has 0 saturated carbocycles. The number of halogens is 1. The molecule has 0 radical (unpaired) electrons. The van der Waals surface area contributed by atoms with Gasteiger partial charge < -0.3 is 10.3 Å². The summed E-state index contributed by atoms with van der Waals surface area (Å²) in [5, 5.41) is 5.99. The highest BCUT2D eigenvalue weighted by Crippen LogP contribution is 2.26. The molecule has 0 bridgehead atoms. The lowest BCUT2D eigenvalue weighted by molar-refractivity contribution is 0.628. The van der Waals surface area contributed by atoms with Crippen LogP contribution in [-0.4, -0.2) is 15.0 Å². The van der Waals surface area contributed by atoms with Crippen molar-refractivity contribution in [3.05, 3.63) is 59.9 Å². The number of hydrogen-bond acceptors (Lipinski definition) is 4. The molecular formula is C16H11FN4S. The van der Waals surface area contributed by atoms with E-state index >= 15 is 0 Å². The molecule has 4 rings (SSSR count). The molecule has 2 heterocycles. The molecular weight excluding hydrogens is 299 g/mol. The number of thiazole rings is 1. The van der Waals surface area contributed by atoms with Crippen LogP contribution in [0.5, 0.6) is 0 Å². The number of benzene rings is 2. The molecule has 0 aliphatic heterocycles. The molecule has 0 amide bonds. The first-order valence-electron chi connectivity index (χ1n) is 6.70. The van der Waals surface area contributed by atoms with Crippen LogP contribution in [0.4, 0.5) is 16.0 Å². The minimum atomic E-state index is -0.285. The van der Waals surface area contributed by atoms with Crippen LogP contribution in [0.25, 0.3) is 21.6 Å². The zero-order valence-corrected chi connectivity index (χ0v) is 12.2. The fraction of sp³-hybridized carbons (Fsp3) is 0. The number of aromatic amines is 1. The summed E-state index contributed by atoms with van der Waals surface area (Å²) >= 11 is 1.59. The van der Waals surface area contributed by atoms with Gasteiger partial charge in [-0.15, -0.1) is 11.3 Å². The highest BCUT2D eigenvalue weighted by Gasteiger charge is 2.07. The number of rotatable bonds is 3. The van der Waals surface area contributed by atoms with Gasteiger partial charge in [-0.2, -0.15) is 0 Å². The van der Waals surface area contributed by atoms with Gasteiger partial charge in [0.15, 0.2) is 0 Å². The Kier molecular flexibility index (Phi) is 3.08. The summed E-state index contributed by atoms with van der Waals surface area (Å²) in [6, 6.07) is 12.2. The van der Waals surface area contributed by atoms with Gasteiger partial charge in [-0.25, -0.2) is 14.4 Å². The molecule has 2 aromatic carbocycles. The predicted octanol–water partition coefficient (Wildman–Crippen LogP) is 4.57. The van der Waals surface area contributed by atoms with E-state index in [1.807, 2.05) is 23.6 Å². The second-order valence-electron chi connectivity index (χ2n) is 4.79. The summed E-state index contributed by atoms with van der Waals surface area (Å²) in [4.78, 5) is 12.0. The van der Waals surface area contributed by atoms with E-state index in [2.05, 4.69) is 20.3 Å². The molecule has 2 aromatic heterocycles. The van der Waals surface area contributed by atoms with Crippen molar-refractivity contribution in [1.82, 2.24) is 15.0 Å². The largest absolute Gasteiger partial charge is 0.326 e. The van der Waals surface area contributed by atoms with Gasteiger partial charge in [0.2, 0.25) is 5.95 Å². The number of imidazole rings is 1. The molecule has 4 aromatic rings. The Morgan fingerprint density at radius 1 is 1.14 bits per heavy atom. The van der Waals surface area contributed by atoms with Gasteiger partial charge in [-0.3, -0.25) is 0 Å². The van der Waals surface area contributed by atoms with Crippen LogP contribution in [0.2, 0.25) is 0 Å². The molecule has 0 fully saturated rings. The van der Waals surface area contributed by atoms with Gasteiger partial charge in [0, 0.05) is 22.8 Å². The van der Waals surface area contributed by atoms with E-state index in [0.717, 1.165) is 21.6 Å². The number of H-pyrrole nitrogens is 1. The van der Waals surface area contributed by atoms with Crippen LogP contribution < -0.4 is 5.32 Å². The lowest BCUT2D eigenvalue weighted by Gasteiger charge is -2.01. The van der Waals surface area contributed by atoms with Gasteiger partial charge in [0.05, 0.1) is 11.0 Å². The number of nitrogens with zero attached hydrogens (tertiary/aromatic N) is 2. The number of nitrogens with one attached hydrogen (secondary N) is 2. The zero-order chi connectivity index (χ0) is 14.9. The molecule has 0 saturated heterocycles. The second kappa shape index (κ2) is 5.23. The standard InChI is InChI=1S/C16H11FN4S/c17-11-2-1-3-12(9-11)19-16-20-13-5-4-10(8-14(13)21-16)15-18-6-7-22-15/h1-9H,(H2,19,20,21). The van der Waals surface area contributed by atoms with Crippen molar-refractivity contribution in [1.29, 1.82) is 0 Å². The van der Waals surface area contributed by atoms with Crippen molar-refractivity contribution in [2.75, 3.05) is 5.32 Å². The summed E-state index contributed by atoms with van der Waals surface area (Å²) < 4.78 is 13.2. The SMILES string of the molecule is Fc1cccc(Nc2nc3ccc(-c4nccs4)cc3[nH]2)c1. The van der Waals surface area contributed by atoms with Crippen LogP contribution in [0.15, 0.2) is 54.0 Å². The molecule has 0 unspecified atom stereocenters. The van der Waals surface area contributed by atoms with Crippen molar-refractivity contribution in [2.24, 2.45) is 0 Å². The van der Waals surface area contributed by atoms with Crippen LogP contribution in [0.1, 0.15) is 0 Å². The van der Waals surface area contributed by atoms with E-state index in [4.69, 9.17) is 0 Å². The first kappa shape index (κ1) is 13.0. The van der Waals surface area contributed by atoms with E-state index in [1.54, 1.807) is 29.7 Å². The second-order valence-corrected chi connectivity index (χ2v) is 5.68. The fourth-order valence-corrected chi connectivity index (χ4v) is 2.91. The van der Waals surface area contributed by atoms with Crippen molar-refractivity contribution in [3.8, 4) is 10.6 Å². The summed E-state index contributed by atoms with van der Waals surface area (Å²) in [6.07, 6.45) is 1.79. The smallest absolute Gasteiger partial charge is 0.205 e. The van der Waals surface area contributed by atoms with Crippen LogP contribution in [0.3, 0.4) is 0 Å². The fourth-order valence-electron chi connectivity index (χ4n) is 2.27. The Bertz CT molecular complexity index is 930. The summed E-state index contributed by atoms with van der Waals surface area (Å²) in [6.45, 7) is 0. The minimum absolute atomic E-state index is 0.285. The Hall–Kier alpha value is -2.73. The zero-order valence-electron chi connectivity index (χ0n) is 11.4. The van der Waals surface area contributed by atoms with Crippen molar-refractivity contribution < 1.29 is 4.39 Å². The normalized spacial score (nSPS) is 11.0. The van der Waals surface area contributed by atoms with Crippen molar-refractivity contribution in [3.63, 3.8) is 0 Å². The van der Waals surface area contributed by atoms with E-state index in [0.29, 0.717) is 11.6 Å². The minimum Gasteiger partial charge on any atom is -0.326 e. The maximum Gasteiger partial charge on any atom is 0.205 e. The topological polar surface area (TPSA) is 53.6 Å². The molecule has 0 aliphatic carbocycles. The first-order valence-corrected chi connectivity index (χ1v) is 7.58. The van der Waals surface area contributed by atoms with Crippen LogP contribution in [-0.2, 0) is 0 Å². The molecule has 2 N–H and O–H groups in total. The first-order chi connectivity index (χ1) is 10.8. The summed E-state index contributed by atoms with van der Waals surface area (Å²) in [5.74, 6) is 0.295. The van der Waals surface area contributed by atoms with Gasteiger partial charge in [-0.1, -0.05) is 6.07 Å². The Balaban J connectivity index is 1.68. The number of anilines is 2. The van der Waals surface area contributed by atoms with E-state index in [-0.39, 0.29) is 5.82 Å². The van der Waals surface area contributed by atoms with Gasteiger partial charge in [-0.05, 0) is 36.4 Å². The Morgan fingerprint density at radius 2 is 2.09 bits per heavy atom. The summed E-state index contributed by atoms with van der Waals surface area (Å²) in [7, 11) is 0. The summed E-state index contributed by atoms with van der Waals surface area (Å²) in [5.41, 5.74) is 3.45. The quantitative estimate of drug-likeness (QED) is 0.583. The Morgan fingerprint density at radius 3 is 2.91 bits per heavy atom. The highest BCUT2D eigenvalue weighted by atomic mass is 32.1. The van der Waals surface area contributed by atoms with Gasteiger partial charge in [0.1, 0.15) is 10.8 Å². The molecule has 108 valence electrons. The van der Waals surface area contributed by atoms with E-state index < -0.39 is 0 Å². The number of fused-ring (bicyclic) bond motifs is 1. The molecule has 22 heavy (non-hydrogen) atoms. The average molecular weight is 310 g/mol. The monoisotopic (exact) mass is 310 g/mol. The van der Waals surface area contributed by atoms with Gasteiger partial charge in [0.25, 0.3) is 0 Å². The number of aromatic nitrogens is 3. The third-order valence-electron chi connectivity index (χ3n) is 3.25. The van der Waals surface area contributed by atoms with Crippen molar-refractivity contribution in [2.45, 2.75) is 0 Å². The third kappa shape index (κ3) is 2.44. The van der Waals surface area contributed by atoms with Gasteiger partial charge >= 0.3 is 0 Å². The maximum atomic E-state index is 13.2. The lowest BCUT2D eigenvalue weighted by atomic mass is 10.2. The van der Waals surface area contributed by atoms with E-state index in [9.17, 15) is 4.39 Å². The predicted molar refractivity (Wildman–Crippen MR) is 86.9 cm³/mol. The van der Waals surface area contributed by atoms with Crippen molar-refractivity contribution >= 4 is 34.0 Å². The number of hydrogen-bond donors (Lipinski definition) is 2. The van der Waals surface area contributed by atoms with Crippen LogP contribution >= 0.6 is 11.3 Å². The average Bonchev–Trinajstić information content (AvgIpc) is 3.15. The highest BCUT2D eigenvalue weighted by molar-refractivity contribution is 7.13. The lowest BCUT2D eigenvalue weighted by Crippen LogP contribution is -1.92. The maximum absolute atomic E-state index is 13.2.